The van der Waals surface area contributed by atoms with Crippen molar-refractivity contribution in [3.63, 3.8) is 0 Å². The second-order valence-corrected chi connectivity index (χ2v) is 10.2. The van der Waals surface area contributed by atoms with Crippen LogP contribution in [-0.2, 0) is 34.6 Å². The summed E-state index contributed by atoms with van der Waals surface area (Å²) in [5.41, 5.74) is -0.242. The molecular weight excluding hydrogens is 574 g/mol. The fourth-order valence-electron chi connectivity index (χ4n) is 3.53. The average Bonchev–Trinajstić information content (AvgIpc) is 3.17. The molecule has 0 spiro atoms. The van der Waals surface area contributed by atoms with E-state index in [1.807, 2.05) is 0 Å². The number of nitrogens with zero attached hydrogens (tertiary/aromatic N) is 4. The van der Waals surface area contributed by atoms with Gasteiger partial charge in [-0.25, -0.2) is 21.6 Å². The maximum Gasteiger partial charge on any atom is 1.00 e. The Hall–Kier alpha value is -2.05. The van der Waals surface area contributed by atoms with E-state index in [1.165, 1.54) is 24.3 Å². The van der Waals surface area contributed by atoms with Gasteiger partial charge in [0.05, 0.1) is 27.8 Å². The number of hydrogen-bond acceptors (Lipinski definition) is 12. The smallest absolute Gasteiger partial charge is 0.744 e. The molecule has 1 atom stereocenters. The van der Waals surface area contributed by atoms with Crippen molar-refractivity contribution >= 4 is 60.0 Å². The van der Waals surface area contributed by atoms with Crippen molar-refractivity contribution in [1.29, 1.82) is 0 Å². The Morgan fingerprint density at radius 1 is 0.949 bits per heavy atom. The van der Waals surface area contributed by atoms with Gasteiger partial charge in [0.15, 0.2) is 5.71 Å². The number of ether oxygens (including phenoxy) is 1. The van der Waals surface area contributed by atoms with Gasteiger partial charge in [0, 0.05) is 10.8 Å². The van der Waals surface area contributed by atoms with Gasteiger partial charge in [0.2, 0.25) is 6.04 Å². The molecule has 0 bridgehead atoms. The molecule has 1 amide bonds. The Labute approximate surface area is 267 Å². The number of carbonyl (C=O) groups excluding carboxylic acids is 2. The second kappa shape index (κ2) is 13.1. The van der Waals surface area contributed by atoms with Crippen molar-refractivity contribution in [2.75, 3.05) is 11.6 Å². The predicted octanol–water partition coefficient (Wildman–Crippen LogP) is -3.93. The minimum absolute atomic E-state index is 0. The van der Waals surface area contributed by atoms with E-state index >= 15 is 0 Å². The molecule has 0 aromatic heterocycles. The number of esters is 1. The van der Waals surface area contributed by atoms with Crippen LogP contribution in [0.3, 0.4) is 0 Å². The molecule has 13 nitrogen and oxygen atoms in total. The summed E-state index contributed by atoms with van der Waals surface area (Å²) >= 11 is 0. The van der Waals surface area contributed by atoms with Crippen molar-refractivity contribution in [3.05, 3.63) is 60.7 Å². The van der Waals surface area contributed by atoms with E-state index in [-0.39, 0.29) is 87.9 Å². The van der Waals surface area contributed by atoms with Crippen molar-refractivity contribution < 1.29 is 99.4 Å². The molecule has 17 heteroatoms. The van der Waals surface area contributed by atoms with Crippen LogP contribution in [0.4, 0.5) is 11.4 Å². The number of hydrazone groups is 1. The van der Waals surface area contributed by atoms with Gasteiger partial charge in [0.25, 0.3) is 5.91 Å². The van der Waals surface area contributed by atoms with E-state index < -0.39 is 53.7 Å². The molecule has 0 N–H and O–H groups in total. The minimum atomic E-state index is -4.78. The summed E-state index contributed by atoms with van der Waals surface area (Å²) in [5, 5.41) is 13.1. The molecule has 0 radical (unpaired) electrons. The zero-order chi connectivity index (χ0) is 27.0. The van der Waals surface area contributed by atoms with Crippen LogP contribution in [0, 0.1) is 0 Å². The molecule has 0 aliphatic carbocycles. The first-order chi connectivity index (χ1) is 17.4. The van der Waals surface area contributed by atoms with Crippen molar-refractivity contribution in [2.24, 2.45) is 15.3 Å². The summed E-state index contributed by atoms with van der Waals surface area (Å²) < 4.78 is 73.3. The fourth-order valence-corrected chi connectivity index (χ4v) is 4.68. The fraction of sp³-hybridized carbons (Fsp3) is 0.136. The third-order valence-corrected chi connectivity index (χ3v) is 6.92. The van der Waals surface area contributed by atoms with Gasteiger partial charge in [-0.3, -0.25) is 4.79 Å². The normalized spacial score (nSPS) is 15.6. The number of benzene rings is 3. The molecular formula is C22H16N4Na2O9S2. The molecule has 39 heavy (non-hydrogen) atoms. The zero-order valence-electron chi connectivity index (χ0n) is 20.8. The van der Waals surface area contributed by atoms with Gasteiger partial charge in [-0.2, -0.15) is 20.3 Å². The Kier molecular flexibility index (Phi) is 11.1. The first-order valence-electron chi connectivity index (χ1n) is 10.5. The summed E-state index contributed by atoms with van der Waals surface area (Å²) in [4.78, 5) is 24.6. The molecule has 0 saturated heterocycles. The molecule has 0 fully saturated rings. The van der Waals surface area contributed by atoms with Gasteiger partial charge >= 0.3 is 65.1 Å². The molecule has 1 aliphatic rings. The Bertz CT molecular complexity index is 1690. The first kappa shape index (κ1) is 33.2. The van der Waals surface area contributed by atoms with Gasteiger partial charge in [-0.05, 0) is 43.3 Å². The summed E-state index contributed by atoms with van der Waals surface area (Å²) in [6, 6.07) is 11.1. The molecule has 1 unspecified atom stereocenters. The summed E-state index contributed by atoms with van der Waals surface area (Å²) in [5.74, 6) is -1.77. The van der Waals surface area contributed by atoms with E-state index in [1.54, 1.807) is 13.0 Å². The van der Waals surface area contributed by atoms with E-state index in [0.717, 1.165) is 35.3 Å². The number of rotatable bonds is 7. The Morgan fingerprint density at radius 3 is 2.13 bits per heavy atom. The molecule has 3 aromatic carbocycles. The summed E-state index contributed by atoms with van der Waals surface area (Å²) in [6.45, 7) is 1.52. The third kappa shape index (κ3) is 7.18. The number of amides is 1. The van der Waals surface area contributed by atoms with Gasteiger partial charge in [-0.15, -0.1) is 0 Å². The number of fused-ring (bicyclic) bond motifs is 1. The maximum absolute atomic E-state index is 13.1. The van der Waals surface area contributed by atoms with Crippen LogP contribution in [0.25, 0.3) is 10.8 Å². The van der Waals surface area contributed by atoms with Crippen molar-refractivity contribution in [2.45, 2.75) is 22.8 Å². The molecule has 1 aliphatic heterocycles. The third-order valence-electron chi connectivity index (χ3n) is 5.18. The first-order valence-corrected chi connectivity index (χ1v) is 13.3. The second-order valence-electron chi connectivity index (χ2n) is 7.50. The SMILES string of the molecule is CCOC(=O)C1=NN(c2ccc(S(=O)(=O)[O-])cc2)C(=O)C1N=Nc1ccc(S(=O)(=O)[O-])c2ccccc12.[Na+].[Na+]. The molecule has 192 valence electrons. The number of hydrogen-bond donors (Lipinski definition) is 0. The largest absolute Gasteiger partial charge is 1.00 e. The molecule has 0 saturated carbocycles. The van der Waals surface area contributed by atoms with Crippen LogP contribution in [-0.4, -0.2) is 56.2 Å². The monoisotopic (exact) mass is 590 g/mol. The van der Waals surface area contributed by atoms with E-state index in [2.05, 4.69) is 15.3 Å². The average molecular weight is 591 g/mol. The molecule has 3 aromatic rings. The quantitative estimate of drug-likeness (QED) is 0.114. The number of anilines is 1. The van der Waals surface area contributed by atoms with Gasteiger partial charge < -0.3 is 13.8 Å². The van der Waals surface area contributed by atoms with Crippen LogP contribution in [0.5, 0.6) is 0 Å². The van der Waals surface area contributed by atoms with Crippen LogP contribution >= 0.6 is 0 Å². The van der Waals surface area contributed by atoms with E-state index in [0.29, 0.717) is 0 Å². The van der Waals surface area contributed by atoms with Gasteiger partial charge in [0.1, 0.15) is 20.2 Å². The van der Waals surface area contributed by atoms with Crippen LogP contribution in [0.2, 0.25) is 0 Å². The number of carbonyl (C=O) groups is 2. The van der Waals surface area contributed by atoms with E-state index in [9.17, 15) is 35.5 Å². The minimum Gasteiger partial charge on any atom is -0.744 e. The topological polar surface area (TPSA) is 198 Å². The number of azo groups is 1. The van der Waals surface area contributed by atoms with E-state index in [4.69, 9.17) is 4.74 Å². The molecule has 4 rings (SSSR count). The van der Waals surface area contributed by atoms with Crippen molar-refractivity contribution in [1.82, 2.24) is 0 Å². The van der Waals surface area contributed by atoms with Crippen LogP contribution in [0.1, 0.15) is 6.92 Å². The van der Waals surface area contributed by atoms with Crippen LogP contribution < -0.4 is 64.1 Å². The zero-order valence-corrected chi connectivity index (χ0v) is 26.5. The van der Waals surface area contributed by atoms with Crippen LogP contribution in [0.15, 0.2) is 85.8 Å². The van der Waals surface area contributed by atoms with Crippen molar-refractivity contribution in [3.8, 4) is 0 Å². The molecule has 1 heterocycles. The maximum atomic E-state index is 13.1. The van der Waals surface area contributed by atoms with Gasteiger partial charge in [-0.1, -0.05) is 24.3 Å². The standard InChI is InChI=1S/C22H18N4O9S2.2Na/c1-2-35-22(28)20-19(21(27)26(25-20)13-7-9-14(10-8-13)36(29,30)31)24-23-17-11-12-18(37(32,33)34)16-6-4-3-5-15(16)17;;/h3-12,19H,2H2,1H3,(H,29,30,31)(H,32,33,34);;/q;2*+1/p-2. The summed E-state index contributed by atoms with van der Waals surface area (Å²) in [7, 11) is -9.51. The predicted molar refractivity (Wildman–Crippen MR) is 126 cm³/mol. The Morgan fingerprint density at radius 2 is 1.56 bits per heavy atom. The summed E-state index contributed by atoms with van der Waals surface area (Å²) in [6.07, 6.45) is 0. The Balaban J connectivity index is 0.00000267.